The fourth-order valence-electron chi connectivity index (χ4n) is 0.993. The first-order valence-electron chi connectivity index (χ1n) is 4.25. The summed E-state index contributed by atoms with van der Waals surface area (Å²) < 4.78 is 0.469. The Morgan fingerprint density at radius 2 is 2.13 bits per heavy atom. The fraction of sp³-hybridized carbons (Fsp3) is 0.333. The maximum atomic E-state index is 9.60. The summed E-state index contributed by atoms with van der Waals surface area (Å²) in [7, 11) is 0. The number of hydrogen-bond donors (Lipinski definition) is 4. The number of rotatable bonds is 4. The molecule has 0 saturated heterocycles. The molecular weight excluding hydrogens is 285 g/mol. The molecular formula is C9H11BrClNO3. The molecule has 0 amide bonds. The number of phenols is 1. The number of anilines is 1. The van der Waals surface area contributed by atoms with Gasteiger partial charge < -0.3 is 20.6 Å². The maximum Gasteiger partial charge on any atom is 0.152 e. The van der Waals surface area contributed by atoms with Crippen LogP contribution in [-0.2, 0) is 0 Å². The zero-order valence-electron chi connectivity index (χ0n) is 7.74. The topological polar surface area (TPSA) is 72.7 Å². The van der Waals surface area contributed by atoms with Gasteiger partial charge in [-0.15, -0.1) is 0 Å². The first kappa shape index (κ1) is 12.6. The normalized spacial score (nSPS) is 12.5. The summed E-state index contributed by atoms with van der Waals surface area (Å²) in [5.41, 5.74) is 0.405. The molecule has 0 spiro atoms. The van der Waals surface area contributed by atoms with Gasteiger partial charge >= 0.3 is 0 Å². The third-order valence-electron chi connectivity index (χ3n) is 1.77. The number of nitrogens with one attached hydrogen (secondary N) is 1. The van der Waals surface area contributed by atoms with Gasteiger partial charge in [-0.25, -0.2) is 0 Å². The predicted molar refractivity (Wildman–Crippen MR) is 62.4 cm³/mol. The molecule has 0 saturated carbocycles. The predicted octanol–water partition coefficient (Wildman–Crippen LogP) is 1.57. The summed E-state index contributed by atoms with van der Waals surface area (Å²) in [6.07, 6.45) is -0.873. The summed E-state index contributed by atoms with van der Waals surface area (Å²) in [6.45, 7) is -0.202. The molecule has 0 bridgehead atoms. The van der Waals surface area contributed by atoms with Crippen molar-refractivity contribution in [3.8, 4) is 5.75 Å². The second-order valence-corrected chi connectivity index (χ2v) is 4.29. The van der Waals surface area contributed by atoms with Crippen LogP contribution < -0.4 is 5.32 Å². The molecule has 0 aromatic heterocycles. The Bertz CT molecular complexity index is 348. The maximum absolute atomic E-state index is 9.60. The zero-order chi connectivity index (χ0) is 11.4. The van der Waals surface area contributed by atoms with E-state index in [2.05, 4.69) is 21.2 Å². The molecule has 0 aliphatic carbocycles. The number of benzene rings is 1. The lowest BCUT2D eigenvalue weighted by Gasteiger charge is -2.12. The first-order chi connectivity index (χ1) is 7.04. The van der Waals surface area contributed by atoms with E-state index in [0.717, 1.165) is 0 Å². The van der Waals surface area contributed by atoms with Gasteiger partial charge in [0, 0.05) is 11.6 Å². The van der Waals surface area contributed by atoms with Gasteiger partial charge in [-0.05, 0) is 28.1 Å². The second-order valence-electron chi connectivity index (χ2n) is 3.00. The second kappa shape index (κ2) is 5.55. The number of aliphatic hydroxyl groups is 2. The minimum atomic E-state index is -0.873. The quantitative estimate of drug-likeness (QED) is 0.637. The first-order valence-corrected chi connectivity index (χ1v) is 5.42. The van der Waals surface area contributed by atoms with Crippen molar-refractivity contribution >= 4 is 33.2 Å². The van der Waals surface area contributed by atoms with Gasteiger partial charge in [0.2, 0.25) is 0 Å². The molecule has 6 heteroatoms. The van der Waals surface area contributed by atoms with Crippen LogP contribution in [0.15, 0.2) is 16.6 Å². The third-order valence-corrected chi connectivity index (χ3v) is 2.59. The van der Waals surface area contributed by atoms with Gasteiger partial charge in [0.25, 0.3) is 0 Å². The van der Waals surface area contributed by atoms with E-state index in [4.69, 9.17) is 21.8 Å². The Kier molecular flexibility index (Phi) is 4.66. The van der Waals surface area contributed by atoms with E-state index in [1.165, 1.54) is 6.07 Å². The molecule has 1 rings (SSSR count). The highest BCUT2D eigenvalue weighted by Crippen LogP contribution is 2.35. The van der Waals surface area contributed by atoms with Gasteiger partial charge in [0.15, 0.2) is 5.75 Å². The summed E-state index contributed by atoms with van der Waals surface area (Å²) in [5.74, 6) is 0.0181. The van der Waals surface area contributed by atoms with Gasteiger partial charge in [0.05, 0.1) is 22.9 Å². The Morgan fingerprint density at radius 1 is 1.47 bits per heavy atom. The van der Waals surface area contributed by atoms with Crippen LogP contribution in [0.4, 0.5) is 5.69 Å². The lowest BCUT2D eigenvalue weighted by Crippen LogP contribution is -2.22. The van der Waals surface area contributed by atoms with Crippen molar-refractivity contribution in [1.29, 1.82) is 0 Å². The molecule has 0 aliphatic heterocycles. The van der Waals surface area contributed by atoms with Crippen LogP contribution in [0, 0.1) is 0 Å². The highest BCUT2D eigenvalue weighted by Gasteiger charge is 2.08. The highest BCUT2D eigenvalue weighted by molar-refractivity contribution is 9.10. The van der Waals surface area contributed by atoms with Crippen LogP contribution in [0.1, 0.15) is 0 Å². The van der Waals surface area contributed by atoms with E-state index in [9.17, 15) is 5.11 Å². The van der Waals surface area contributed by atoms with Gasteiger partial charge in [0.1, 0.15) is 0 Å². The number of aromatic hydroxyl groups is 1. The summed E-state index contributed by atoms with van der Waals surface area (Å²) in [6, 6.07) is 3.09. The van der Waals surface area contributed by atoms with Crippen molar-refractivity contribution in [2.75, 3.05) is 18.5 Å². The van der Waals surface area contributed by atoms with Gasteiger partial charge in [-0.3, -0.25) is 0 Å². The zero-order valence-corrected chi connectivity index (χ0v) is 10.1. The van der Waals surface area contributed by atoms with Gasteiger partial charge in [-0.1, -0.05) is 11.6 Å². The smallest absolute Gasteiger partial charge is 0.152 e. The molecule has 1 aromatic rings. The Balaban J connectivity index is 2.76. The average Bonchev–Trinajstić information content (AvgIpc) is 2.20. The van der Waals surface area contributed by atoms with Crippen LogP contribution in [0.2, 0.25) is 5.02 Å². The largest absolute Gasteiger partial charge is 0.505 e. The van der Waals surface area contributed by atoms with Crippen molar-refractivity contribution in [3.63, 3.8) is 0 Å². The average molecular weight is 297 g/mol. The SMILES string of the molecule is OCC(O)CNc1cc(Cl)cc(Br)c1O. The van der Waals surface area contributed by atoms with E-state index >= 15 is 0 Å². The lowest BCUT2D eigenvalue weighted by atomic mass is 10.2. The standard InChI is InChI=1S/C9H11BrClNO3/c10-7-1-5(11)2-8(9(7)15)12-3-6(14)4-13/h1-2,6,12-15H,3-4H2. The Hall–Kier alpha value is -0.490. The van der Waals surface area contributed by atoms with Crippen LogP contribution >= 0.6 is 27.5 Å². The van der Waals surface area contributed by atoms with E-state index in [-0.39, 0.29) is 18.9 Å². The van der Waals surface area contributed by atoms with E-state index in [0.29, 0.717) is 15.2 Å². The van der Waals surface area contributed by atoms with Crippen LogP contribution in [0.25, 0.3) is 0 Å². The minimum Gasteiger partial charge on any atom is -0.505 e. The Labute approximate surface area is 101 Å². The molecule has 0 aliphatic rings. The molecule has 84 valence electrons. The lowest BCUT2D eigenvalue weighted by molar-refractivity contribution is 0.105. The molecule has 1 aromatic carbocycles. The molecule has 15 heavy (non-hydrogen) atoms. The van der Waals surface area contributed by atoms with E-state index < -0.39 is 6.10 Å². The van der Waals surface area contributed by atoms with Crippen molar-refractivity contribution < 1.29 is 15.3 Å². The van der Waals surface area contributed by atoms with Crippen molar-refractivity contribution in [2.45, 2.75) is 6.10 Å². The number of phenolic OH excluding ortho intramolecular Hbond substituents is 1. The van der Waals surface area contributed by atoms with Crippen LogP contribution in [0.5, 0.6) is 5.75 Å². The Morgan fingerprint density at radius 3 is 2.73 bits per heavy atom. The summed E-state index contributed by atoms with van der Waals surface area (Å²) >= 11 is 8.91. The van der Waals surface area contributed by atoms with E-state index in [1.807, 2.05) is 0 Å². The summed E-state index contributed by atoms with van der Waals surface area (Å²) in [5, 5.41) is 30.5. The van der Waals surface area contributed by atoms with Crippen molar-refractivity contribution in [1.82, 2.24) is 0 Å². The molecule has 1 atom stereocenters. The third kappa shape index (κ3) is 3.53. The summed E-state index contributed by atoms with van der Waals surface area (Å²) in [4.78, 5) is 0. The number of aliphatic hydroxyl groups excluding tert-OH is 2. The van der Waals surface area contributed by atoms with Crippen LogP contribution in [-0.4, -0.2) is 34.6 Å². The molecule has 1 unspecified atom stereocenters. The molecule has 4 nitrogen and oxygen atoms in total. The molecule has 0 heterocycles. The molecule has 0 fully saturated rings. The van der Waals surface area contributed by atoms with Crippen LogP contribution in [0.3, 0.4) is 0 Å². The number of halogens is 2. The molecule has 0 radical (unpaired) electrons. The highest BCUT2D eigenvalue weighted by atomic mass is 79.9. The van der Waals surface area contributed by atoms with Crippen molar-refractivity contribution in [2.24, 2.45) is 0 Å². The monoisotopic (exact) mass is 295 g/mol. The van der Waals surface area contributed by atoms with Crippen molar-refractivity contribution in [3.05, 3.63) is 21.6 Å². The minimum absolute atomic E-state index is 0.0181. The molecule has 4 N–H and O–H groups in total. The fourth-order valence-corrected chi connectivity index (χ4v) is 1.80. The number of hydrogen-bond acceptors (Lipinski definition) is 4. The van der Waals surface area contributed by atoms with Gasteiger partial charge in [-0.2, -0.15) is 0 Å². The van der Waals surface area contributed by atoms with E-state index in [1.54, 1.807) is 6.07 Å².